The summed E-state index contributed by atoms with van der Waals surface area (Å²) in [5, 5.41) is 0. The number of hydrogen-bond acceptors (Lipinski definition) is 3. The van der Waals surface area contributed by atoms with Crippen LogP contribution >= 0.6 is 11.6 Å². The number of nitrogens with zero attached hydrogens (tertiary/aromatic N) is 1. The molecule has 3 nitrogen and oxygen atoms in total. The molecular weight excluding hydrogens is 166 g/mol. The zero-order valence-electron chi connectivity index (χ0n) is 6.55. The maximum Gasteiger partial charge on any atom is 0.154 e. The van der Waals surface area contributed by atoms with Crippen LogP contribution in [-0.4, -0.2) is 37.5 Å². The Morgan fingerprint density at radius 1 is 1.73 bits per heavy atom. The van der Waals surface area contributed by atoms with Crippen molar-refractivity contribution in [2.24, 2.45) is 0 Å². The fourth-order valence-corrected chi connectivity index (χ4v) is 1.14. The van der Waals surface area contributed by atoms with Crippen LogP contribution in [-0.2, 0) is 9.78 Å². The molecule has 0 bridgehead atoms. The average Bonchev–Trinajstić information content (AvgIpc) is 2.40. The van der Waals surface area contributed by atoms with E-state index in [1.807, 2.05) is 13.1 Å². The summed E-state index contributed by atoms with van der Waals surface area (Å²) in [6, 6.07) is 0. The van der Waals surface area contributed by atoms with Gasteiger partial charge in [0.1, 0.15) is 6.61 Å². The fraction of sp³-hybridized carbons (Fsp3) is 0.714. The molecule has 1 heterocycles. The molecule has 11 heavy (non-hydrogen) atoms. The Labute approximate surface area is 71.5 Å². The van der Waals surface area contributed by atoms with E-state index in [-0.39, 0.29) is 0 Å². The summed E-state index contributed by atoms with van der Waals surface area (Å²) in [5.74, 6) is 1.52. The summed E-state index contributed by atoms with van der Waals surface area (Å²) < 4.78 is 0. The fourth-order valence-electron chi connectivity index (χ4n) is 0.851. The maximum absolute atomic E-state index is 5.55. The molecule has 0 radical (unpaired) electrons. The summed E-state index contributed by atoms with van der Waals surface area (Å²) in [6.07, 6.45) is 1.92. The van der Waals surface area contributed by atoms with Crippen LogP contribution in [0.5, 0.6) is 0 Å². The monoisotopic (exact) mass is 177 g/mol. The van der Waals surface area contributed by atoms with E-state index < -0.39 is 0 Å². The predicted molar refractivity (Wildman–Crippen MR) is 43.3 cm³/mol. The second-order valence-electron chi connectivity index (χ2n) is 2.47. The van der Waals surface area contributed by atoms with Crippen LogP contribution in [0.4, 0.5) is 0 Å². The number of rotatable bonds is 4. The Hall–Kier alpha value is -0.250. The molecular formula is C7H12ClNO2. The van der Waals surface area contributed by atoms with Crippen molar-refractivity contribution < 1.29 is 9.78 Å². The van der Waals surface area contributed by atoms with Gasteiger partial charge in [0.05, 0.1) is 6.54 Å². The van der Waals surface area contributed by atoms with Crippen molar-refractivity contribution in [3.63, 3.8) is 0 Å². The molecule has 0 aromatic heterocycles. The van der Waals surface area contributed by atoms with Gasteiger partial charge in [0.15, 0.2) is 5.76 Å². The third kappa shape index (κ3) is 3.10. The Morgan fingerprint density at radius 3 is 3.09 bits per heavy atom. The van der Waals surface area contributed by atoms with Crippen molar-refractivity contribution in [1.82, 2.24) is 4.90 Å². The van der Waals surface area contributed by atoms with Crippen LogP contribution in [0.15, 0.2) is 11.8 Å². The maximum atomic E-state index is 5.55. The van der Waals surface area contributed by atoms with Crippen LogP contribution in [0.2, 0.25) is 0 Å². The van der Waals surface area contributed by atoms with Crippen molar-refractivity contribution in [3.05, 3.63) is 11.8 Å². The van der Waals surface area contributed by atoms with Gasteiger partial charge in [-0.25, -0.2) is 0 Å². The third-order valence-corrected chi connectivity index (χ3v) is 1.61. The highest BCUT2D eigenvalue weighted by Crippen LogP contribution is 2.07. The van der Waals surface area contributed by atoms with Gasteiger partial charge in [-0.3, -0.25) is 4.90 Å². The summed E-state index contributed by atoms with van der Waals surface area (Å²) in [4.78, 5) is 11.6. The number of halogens is 1. The van der Waals surface area contributed by atoms with E-state index in [4.69, 9.17) is 16.5 Å². The quantitative estimate of drug-likeness (QED) is 0.473. The Kier molecular flexibility index (Phi) is 3.69. The lowest BCUT2D eigenvalue weighted by atomic mass is 10.4. The Bertz CT molecular complexity index is 149. The van der Waals surface area contributed by atoms with Gasteiger partial charge in [-0.05, 0) is 13.1 Å². The number of alkyl halides is 1. The van der Waals surface area contributed by atoms with Crippen molar-refractivity contribution in [2.75, 3.05) is 32.6 Å². The molecule has 0 atom stereocenters. The van der Waals surface area contributed by atoms with Crippen molar-refractivity contribution in [3.8, 4) is 0 Å². The van der Waals surface area contributed by atoms with Gasteiger partial charge >= 0.3 is 0 Å². The lowest BCUT2D eigenvalue weighted by Gasteiger charge is -2.13. The number of likely N-dealkylation sites (N-methyl/N-ethyl adjacent to an activating group) is 1. The minimum atomic E-state index is 0.560. The van der Waals surface area contributed by atoms with Gasteiger partial charge in [-0.1, -0.05) is 0 Å². The van der Waals surface area contributed by atoms with Gasteiger partial charge in [0.2, 0.25) is 0 Å². The summed E-state index contributed by atoms with van der Waals surface area (Å²) in [6.45, 7) is 2.19. The summed E-state index contributed by atoms with van der Waals surface area (Å²) >= 11 is 5.55. The van der Waals surface area contributed by atoms with Crippen LogP contribution in [0.3, 0.4) is 0 Å². The summed E-state index contributed by atoms with van der Waals surface area (Å²) in [5.41, 5.74) is 0. The number of hydrogen-bond donors (Lipinski definition) is 0. The molecule has 1 aliphatic heterocycles. The molecule has 0 saturated carbocycles. The second kappa shape index (κ2) is 4.59. The lowest BCUT2D eigenvalue weighted by Crippen LogP contribution is -2.23. The lowest BCUT2D eigenvalue weighted by molar-refractivity contribution is -0.236. The SMILES string of the molecule is CN(CCCl)CC1=CCOO1. The molecule has 0 aromatic rings. The first kappa shape index (κ1) is 8.84. The van der Waals surface area contributed by atoms with Crippen LogP contribution in [0.25, 0.3) is 0 Å². The largest absolute Gasteiger partial charge is 0.341 e. The van der Waals surface area contributed by atoms with E-state index >= 15 is 0 Å². The molecule has 64 valence electrons. The van der Waals surface area contributed by atoms with Crippen LogP contribution < -0.4 is 0 Å². The van der Waals surface area contributed by atoms with Gasteiger partial charge in [0.25, 0.3) is 0 Å². The second-order valence-corrected chi connectivity index (χ2v) is 2.84. The van der Waals surface area contributed by atoms with E-state index in [9.17, 15) is 0 Å². The van der Waals surface area contributed by atoms with Crippen molar-refractivity contribution in [1.29, 1.82) is 0 Å². The van der Waals surface area contributed by atoms with Crippen LogP contribution in [0, 0.1) is 0 Å². The van der Waals surface area contributed by atoms with E-state index in [2.05, 4.69) is 9.79 Å². The molecule has 0 amide bonds. The normalized spacial score (nSPS) is 16.8. The molecule has 0 aromatic carbocycles. The average molecular weight is 178 g/mol. The van der Waals surface area contributed by atoms with Crippen molar-refractivity contribution >= 4 is 11.6 Å². The highest BCUT2D eigenvalue weighted by Gasteiger charge is 2.08. The molecule has 0 aliphatic carbocycles. The molecule has 0 spiro atoms. The minimum Gasteiger partial charge on any atom is -0.341 e. The minimum absolute atomic E-state index is 0.560. The molecule has 0 unspecified atom stereocenters. The zero-order chi connectivity index (χ0) is 8.10. The molecule has 1 rings (SSSR count). The van der Waals surface area contributed by atoms with Gasteiger partial charge in [-0.2, -0.15) is 4.89 Å². The molecule has 0 saturated heterocycles. The Morgan fingerprint density at radius 2 is 2.55 bits per heavy atom. The predicted octanol–water partition coefficient (Wildman–Crippen LogP) is 1.00. The van der Waals surface area contributed by atoms with E-state index in [1.165, 1.54) is 0 Å². The first-order valence-corrected chi connectivity index (χ1v) is 4.09. The third-order valence-electron chi connectivity index (χ3n) is 1.44. The van der Waals surface area contributed by atoms with Gasteiger partial charge in [-0.15, -0.1) is 11.6 Å². The van der Waals surface area contributed by atoms with E-state index in [0.717, 1.165) is 18.8 Å². The topological polar surface area (TPSA) is 21.7 Å². The Balaban J connectivity index is 2.18. The highest BCUT2D eigenvalue weighted by molar-refractivity contribution is 6.18. The zero-order valence-corrected chi connectivity index (χ0v) is 7.30. The molecule has 0 fully saturated rings. The van der Waals surface area contributed by atoms with Crippen LogP contribution in [0.1, 0.15) is 0 Å². The van der Waals surface area contributed by atoms with Gasteiger partial charge in [0, 0.05) is 12.4 Å². The van der Waals surface area contributed by atoms with E-state index in [0.29, 0.717) is 12.5 Å². The molecule has 4 heteroatoms. The van der Waals surface area contributed by atoms with E-state index in [1.54, 1.807) is 0 Å². The molecule has 1 aliphatic rings. The van der Waals surface area contributed by atoms with Gasteiger partial charge < -0.3 is 4.89 Å². The highest BCUT2D eigenvalue weighted by atomic mass is 35.5. The smallest absolute Gasteiger partial charge is 0.154 e. The summed E-state index contributed by atoms with van der Waals surface area (Å²) in [7, 11) is 1.99. The molecule has 0 N–H and O–H groups in total. The standard InChI is InChI=1S/C7H12ClNO2/c1-9(4-3-8)6-7-2-5-10-11-7/h2H,3-6H2,1H3. The first-order valence-electron chi connectivity index (χ1n) is 3.56. The first-order chi connectivity index (χ1) is 5.33. The van der Waals surface area contributed by atoms with Crippen molar-refractivity contribution in [2.45, 2.75) is 0 Å².